The number of nitrogens with one attached hydrogen (secondary N) is 1. The summed E-state index contributed by atoms with van der Waals surface area (Å²) in [6.07, 6.45) is 1.71. The minimum absolute atomic E-state index is 0.0240. The highest BCUT2D eigenvalue weighted by molar-refractivity contribution is 6.30. The summed E-state index contributed by atoms with van der Waals surface area (Å²) in [4.78, 5) is 35.1. The SMILES string of the molecule is Cn1cccc1C(=O)NC(=O)COC(=O)Cc1ccc(Cl)cc1. The van der Waals surface area contributed by atoms with Crippen LogP contribution >= 0.6 is 11.6 Å². The number of benzene rings is 1. The van der Waals surface area contributed by atoms with Gasteiger partial charge in [0.15, 0.2) is 6.61 Å². The van der Waals surface area contributed by atoms with Crippen LogP contribution in [0.1, 0.15) is 16.1 Å². The van der Waals surface area contributed by atoms with Crippen molar-refractivity contribution in [3.63, 3.8) is 0 Å². The Morgan fingerprint density at radius 3 is 2.48 bits per heavy atom. The van der Waals surface area contributed by atoms with Crippen LogP contribution in [0.25, 0.3) is 0 Å². The van der Waals surface area contributed by atoms with Crippen molar-refractivity contribution in [2.24, 2.45) is 7.05 Å². The first-order valence-corrected chi connectivity index (χ1v) is 7.19. The molecule has 0 unspecified atom stereocenters. The van der Waals surface area contributed by atoms with Gasteiger partial charge in [-0.25, -0.2) is 0 Å². The number of esters is 1. The molecule has 0 atom stereocenters. The van der Waals surface area contributed by atoms with Crippen LogP contribution in [-0.2, 0) is 27.8 Å². The first kappa shape index (κ1) is 16.8. The fraction of sp³-hybridized carbons (Fsp3) is 0.188. The van der Waals surface area contributed by atoms with Crippen molar-refractivity contribution in [1.82, 2.24) is 9.88 Å². The molecule has 0 aliphatic rings. The van der Waals surface area contributed by atoms with Crippen LogP contribution in [0.15, 0.2) is 42.6 Å². The molecule has 0 saturated carbocycles. The average molecular weight is 335 g/mol. The summed E-state index contributed by atoms with van der Waals surface area (Å²) in [5, 5.41) is 2.73. The predicted molar refractivity (Wildman–Crippen MR) is 84.0 cm³/mol. The number of ether oxygens (including phenoxy) is 1. The molecule has 1 N–H and O–H groups in total. The lowest BCUT2D eigenvalue weighted by Gasteiger charge is -2.06. The van der Waals surface area contributed by atoms with Crippen LogP contribution in [0.3, 0.4) is 0 Å². The van der Waals surface area contributed by atoms with Crippen molar-refractivity contribution in [2.75, 3.05) is 6.61 Å². The number of hydrogen-bond donors (Lipinski definition) is 1. The molecule has 1 heterocycles. The number of aryl methyl sites for hydroxylation is 1. The average Bonchev–Trinajstić information content (AvgIpc) is 2.94. The molecule has 0 saturated heterocycles. The number of nitrogens with zero attached hydrogens (tertiary/aromatic N) is 1. The molecular formula is C16H15ClN2O4. The van der Waals surface area contributed by atoms with Crippen molar-refractivity contribution in [2.45, 2.75) is 6.42 Å². The monoisotopic (exact) mass is 334 g/mol. The Morgan fingerprint density at radius 1 is 1.17 bits per heavy atom. The number of halogens is 1. The number of hydrogen-bond acceptors (Lipinski definition) is 4. The second kappa shape index (κ2) is 7.60. The van der Waals surface area contributed by atoms with E-state index in [1.165, 1.54) is 0 Å². The van der Waals surface area contributed by atoms with Gasteiger partial charge in [0.1, 0.15) is 5.69 Å². The van der Waals surface area contributed by atoms with Gasteiger partial charge < -0.3 is 9.30 Å². The fourth-order valence-corrected chi connectivity index (χ4v) is 2.02. The Bertz CT molecular complexity index is 722. The van der Waals surface area contributed by atoms with Crippen LogP contribution in [-0.4, -0.2) is 29.0 Å². The molecule has 0 fully saturated rings. The zero-order chi connectivity index (χ0) is 16.8. The molecule has 1 aromatic heterocycles. The van der Waals surface area contributed by atoms with E-state index in [1.54, 1.807) is 54.2 Å². The molecule has 120 valence electrons. The maximum atomic E-state index is 11.8. The van der Waals surface area contributed by atoms with Crippen molar-refractivity contribution < 1.29 is 19.1 Å². The number of imide groups is 1. The lowest BCUT2D eigenvalue weighted by atomic mass is 10.1. The molecule has 0 bridgehead atoms. The Labute approximate surface area is 138 Å². The third kappa shape index (κ3) is 4.96. The van der Waals surface area contributed by atoms with E-state index in [4.69, 9.17) is 16.3 Å². The van der Waals surface area contributed by atoms with Gasteiger partial charge in [0.2, 0.25) is 0 Å². The highest BCUT2D eigenvalue weighted by Crippen LogP contribution is 2.10. The van der Waals surface area contributed by atoms with Gasteiger partial charge in [-0.05, 0) is 29.8 Å². The van der Waals surface area contributed by atoms with E-state index in [9.17, 15) is 14.4 Å². The molecule has 2 aromatic rings. The normalized spacial score (nSPS) is 10.2. The van der Waals surface area contributed by atoms with Gasteiger partial charge in [-0.15, -0.1) is 0 Å². The summed E-state index contributed by atoms with van der Waals surface area (Å²) >= 11 is 5.75. The van der Waals surface area contributed by atoms with E-state index in [0.717, 1.165) is 5.56 Å². The number of carbonyl (C=O) groups is 3. The van der Waals surface area contributed by atoms with E-state index in [-0.39, 0.29) is 6.42 Å². The Morgan fingerprint density at radius 2 is 1.87 bits per heavy atom. The minimum atomic E-state index is -0.680. The molecule has 2 amide bonds. The van der Waals surface area contributed by atoms with Gasteiger partial charge in [0.25, 0.3) is 11.8 Å². The zero-order valence-corrected chi connectivity index (χ0v) is 13.2. The second-order valence-electron chi connectivity index (χ2n) is 4.85. The molecule has 1 aromatic carbocycles. The van der Waals surface area contributed by atoms with Gasteiger partial charge in [0, 0.05) is 18.3 Å². The largest absolute Gasteiger partial charge is 0.455 e. The smallest absolute Gasteiger partial charge is 0.310 e. The molecule has 0 aliphatic carbocycles. The third-order valence-corrected chi connectivity index (χ3v) is 3.31. The molecule has 0 radical (unpaired) electrons. The summed E-state index contributed by atoms with van der Waals surface area (Å²) in [7, 11) is 1.69. The topological polar surface area (TPSA) is 77.4 Å². The predicted octanol–water partition coefficient (Wildman–Crippen LogP) is 1.72. The van der Waals surface area contributed by atoms with E-state index in [1.807, 2.05) is 0 Å². The van der Waals surface area contributed by atoms with Gasteiger partial charge in [0.05, 0.1) is 6.42 Å². The standard InChI is InChI=1S/C16H15ClN2O4/c1-19-8-2-3-13(19)16(22)18-14(20)10-23-15(21)9-11-4-6-12(17)7-5-11/h2-8H,9-10H2,1H3,(H,18,20,22). The molecule has 7 heteroatoms. The summed E-state index contributed by atoms with van der Waals surface area (Å²) < 4.78 is 6.42. The van der Waals surface area contributed by atoms with E-state index < -0.39 is 24.4 Å². The number of aromatic nitrogens is 1. The number of rotatable bonds is 5. The van der Waals surface area contributed by atoms with Crippen LogP contribution < -0.4 is 5.32 Å². The number of carbonyl (C=O) groups excluding carboxylic acids is 3. The molecule has 0 aliphatic heterocycles. The Hall–Kier alpha value is -2.60. The summed E-state index contributed by atoms with van der Waals surface area (Å²) in [5.41, 5.74) is 1.06. The van der Waals surface area contributed by atoms with Gasteiger partial charge in [-0.2, -0.15) is 0 Å². The third-order valence-electron chi connectivity index (χ3n) is 3.06. The fourth-order valence-electron chi connectivity index (χ4n) is 1.89. The molecular weight excluding hydrogens is 320 g/mol. The van der Waals surface area contributed by atoms with E-state index in [2.05, 4.69) is 5.32 Å². The van der Waals surface area contributed by atoms with Gasteiger partial charge in [-0.1, -0.05) is 23.7 Å². The Kier molecular flexibility index (Phi) is 5.54. The van der Waals surface area contributed by atoms with Crippen LogP contribution in [0.2, 0.25) is 5.02 Å². The van der Waals surface area contributed by atoms with E-state index >= 15 is 0 Å². The van der Waals surface area contributed by atoms with Crippen molar-refractivity contribution >= 4 is 29.4 Å². The van der Waals surface area contributed by atoms with Crippen LogP contribution in [0.5, 0.6) is 0 Å². The van der Waals surface area contributed by atoms with E-state index in [0.29, 0.717) is 10.7 Å². The first-order chi connectivity index (χ1) is 11.0. The first-order valence-electron chi connectivity index (χ1n) is 6.81. The zero-order valence-electron chi connectivity index (χ0n) is 12.4. The molecule has 23 heavy (non-hydrogen) atoms. The molecule has 6 nitrogen and oxygen atoms in total. The van der Waals surface area contributed by atoms with Crippen LogP contribution in [0, 0.1) is 0 Å². The van der Waals surface area contributed by atoms with Crippen LogP contribution in [0.4, 0.5) is 0 Å². The minimum Gasteiger partial charge on any atom is -0.455 e. The van der Waals surface area contributed by atoms with Crippen molar-refractivity contribution in [1.29, 1.82) is 0 Å². The summed E-state index contributed by atoms with van der Waals surface area (Å²) in [5.74, 6) is -1.79. The quantitative estimate of drug-likeness (QED) is 0.845. The highest BCUT2D eigenvalue weighted by atomic mass is 35.5. The maximum absolute atomic E-state index is 11.8. The van der Waals surface area contributed by atoms with Crippen molar-refractivity contribution in [3.05, 3.63) is 58.9 Å². The summed E-state index contributed by atoms with van der Waals surface area (Å²) in [6.45, 7) is -0.511. The highest BCUT2D eigenvalue weighted by Gasteiger charge is 2.14. The summed E-state index contributed by atoms with van der Waals surface area (Å²) in [6, 6.07) is 9.98. The maximum Gasteiger partial charge on any atom is 0.310 e. The Balaban J connectivity index is 1.77. The number of amides is 2. The molecule has 0 spiro atoms. The second-order valence-corrected chi connectivity index (χ2v) is 5.28. The lowest BCUT2D eigenvalue weighted by Crippen LogP contribution is -2.35. The van der Waals surface area contributed by atoms with Crippen molar-refractivity contribution in [3.8, 4) is 0 Å². The lowest BCUT2D eigenvalue weighted by molar-refractivity contribution is -0.147. The van der Waals surface area contributed by atoms with Gasteiger partial charge >= 0.3 is 5.97 Å². The van der Waals surface area contributed by atoms with Gasteiger partial charge in [-0.3, -0.25) is 19.7 Å². The molecule has 2 rings (SSSR count).